The van der Waals surface area contributed by atoms with Gasteiger partial charge in [0.25, 0.3) is 0 Å². The van der Waals surface area contributed by atoms with Crippen LogP contribution in [0.1, 0.15) is 25.3 Å². The maximum absolute atomic E-state index is 6.20. The predicted octanol–water partition coefficient (Wildman–Crippen LogP) is 2.57. The molecule has 1 aromatic carbocycles. The fourth-order valence-corrected chi connectivity index (χ4v) is 3.31. The first kappa shape index (κ1) is 13.1. The highest BCUT2D eigenvalue weighted by atomic mass is 32.2. The summed E-state index contributed by atoms with van der Waals surface area (Å²) in [5, 5.41) is 0. The normalized spacial score (nSPS) is 22.5. The van der Waals surface area contributed by atoms with Crippen molar-refractivity contribution < 1.29 is 9.47 Å². The van der Waals surface area contributed by atoms with Gasteiger partial charge in [-0.2, -0.15) is 11.8 Å². The molecule has 1 unspecified atom stereocenters. The second-order valence-corrected chi connectivity index (χ2v) is 6.63. The van der Waals surface area contributed by atoms with E-state index in [4.69, 9.17) is 15.2 Å². The van der Waals surface area contributed by atoms with Crippen LogP contribution in [0, 0.1) is 0 Å². The lowest BCUT2D eigenvalue weighted by molar-refractivity contribution is 0.223. The molecular weight excluding hydrogens is 258 g/mol. The third-order valence-corrected chi connectivity index (χ3v) is 5.50. The first-order chi connectivity index (χ1) is 9.17. The molecule has 1 aliphatic heterocycles. The molecule has 2 aliphatic rings. The first-order valence-electron chi connectivity index (χ1n) is 6.85. The van der Waals surface area contributed by atoms with Crippen LogP contribution in [0.15, 0.2) is 18.2 Å². The minimum Gasteiger partial charge on any atom is -0.493 e. The number of benzene rings is 1. The van der Waals surface area contributed by atoms with Crippen molar-refractivity contribution in [3.8, 4) is 11.5 Å². The van der Waals surface area contributed by atoms with E-state index in [0.717, 1.165) is 35.8 Å². The molecule has 19 heavy (non-hydrogen) atoms. The number of hydrogen-bond donors (Lipinski definition) is 1. The van der Waals surface area contributed by atoms with E-state index in [1.54, 1.807) is 7.11 Å². The Morgan fingerprint density at radius 3 is 2.58 bits per heavy atom. The molecule has 2 fully saturated rings. The Bertz CT molecular complexity index is 467. The number of rotatable bonds is 5. The number of hydrogen-bond acceptors (Lipinski definition) is 4. The molecule has 1 aromatic rings. The fraction of sp³-hybridized carbons (Fsp3) is 0.600. The van der Waals surface area contributed by atoms with E-state index in [9.17, 15) is 0 Å². The zero-order valence-corrected chi connectivity index (χ0v) is 12.3. The Morgan fingerprint density at radius 1 is 1.37 bits per heavy atom. The second-order valence-electron chi connectivity index (χ2n) is 5.56. The summed E-state index contributed by atoms with van der Waals surface area (Å²) in [7, 11) is 1.70. The molecule has 1 atom stereocenters. The van der Waals surface area contributed by atoms with E-state index < -0.39 is 0 Å². The molecule has 2 N–H and O–H groups in total. The SMILES string of the molecule is COc1cccc(C2(C(C)N)CC2)c1OC1CSC1. The Labute approximate surface area is 118 Å². The van der Waals surface area contributed by atoms with E-state index in [1.165, 1.54) is 5.56 Å². The van der Waals surface area contributed by atoms with Crippen molar-refractivity contribution in [2.24, 2.45) is 5.73 Å². The summed E-state index contributed by atoms with van der Waals surface area (Å²) in [5.74, 6) is 3.90. The average molecular weight is 279 g/mol. The van der Waals surface area contributed by atoms with Crippen molar-refractivity contribution in [3.63, 3.8) is 0 Å². The Kier molecular flexibility index (Phi) is 3.39. The van der Waals surface area contributed by atoms with Crippen LogP contribution in [0.5, 0.6) is 11.5 Å². The summed E-state index contributed by atoms with van der Waals surface area (Å²) in [6.07, 6.45) is 2.62. The number of para-hydroxylation sites is 1. The largest absolute Gasteiger partial charge is 0.493 e. The highest BCUT2D eigenvalue weighted by molar-refractivity contribution is 8.00. The third kappa shape index (κ3) is 2.21. The lowest BCUT2D eigenvalue weighted by atomic mass is 9.88. The van der Waals surface area contributed by atoms with Crippen molar-refractivity contribution in [2.45, 2.75) is 37.3 Å². The van der Waals surface area contributed by atoms with Crippen LogP contribution in [0.2, 0.25) is 0 Å². The van der Waals surface area contributed by atoms with Gasteiger partial charge in [-0.05, 0) is 25.8 Å². The molecule has 4 heteroatoms. The van der Waals surface area contributed by atoms with Crippen LogP contribution in [0.25, 0.3) is 0 Å². The van der Waals surface area contributed by atoms with Gasteiger partial charge in [-0.15, -0.1) is 0 Å². The highest BCUT2D eigenvalue weighted by Crippen LogP contribution is 2.55. The Balaban J connectivity index is 1.98. The monoisotopic (exact) mass is 279 g/mol. The van der Waals surface area contributed by atoms with E-state index in [0.29, 0.717) is 6.10 Å². The zero-order chi connectivity index (χ0) is 13.5. The van der Waals surface area contributed by atoms with Crippen LogP contribution >= 0.6 is 11.8 Å². The minimum atomic E-state index is 0.0980. The van der Waals surface area contributed by atoms with Crippen molar-refractivity contribution in [1.82, 2.24) is 0 Å². The lowest BCUT2D eigenvalue weighted by Crippen LogP contribution is -2.35. The van der Waals surface area contributed by atoms with E-state index in [2.05, 4.69) is 13.0 Å². The lowest BCUT2D eigenvalue weighted by Gasteiger charge is -2.30. The average Bonchev–Trinajstić information content (AvgIpc) is 3.14. The van der Waals surface area contributed by atoms with Gasteiger partial charge in [0.05, 0.1) is 7.11 Å². The fourth-order valence-electron chi connectivity index (χ4n) is 2.74. The van der Waals surface area contributed by atoms with E-state index in [1.807, 2.05) is 23.9 Å². The van der Waals surface area contributed by atoms with E-state index >= 15 is 0 Å². The summed E-state index contributed by atoms with van der Waals surface area (Å²) < 4.78 is 11.7. The minimum absolute atomic E-state index is 0.0980. The van der Waals surface area contributed by atoms with Crippen molar-refractivity contribution in [2.75, 3.05) is 18.6 Å². The summed E-state index contributed by atoms with van der Waals surface area (Å²) in [6.45, 7) is 2.09. The quantitative estimate of drug-likeness (QED) is 0.899. The highest BCUT2D eigenvalue weighted by Gasteiger charge is 2.49. The van der Waals surface area contributed by atoms with Gasteiger partial charge in [-0.1, -0.05) is 12.1 Å². The van der Waals surface area contributed by atoms with E-state index in [-0.39, 0.29) is 11.5 Å². The van der Waals surface area contributed by atoms with Crippen LogP contribution in [-0.2, 0) is 5.41 Å². The zero-order valence-electron chi connectivity index (χ0n) is 11.5. The topological polar surface area (TPSA) is 44.5 Å². The van der Waals surface area contributed by atoms with Gasteiger partial charge >= 0.3 is 0 Å². The smallest absolute Gasteiger partial charge is 0.165 e. The van der Waals surface area contributed by atoms with Gasteiger partial charge in [-0.25, -0.2) is 0 Å². The number of thioether (sulfide) groups is 1. The summed E-state index contributed by atoms with van der Waals surface area (Å²) in [4.78, 5) is 0. The van der Waals surface area contributed by atoms with Crippen LogP contribution in [0.3, 0.4) is 0 Å². The van der Waals surface area contributed by atoms with Gasteiger partial charge in [0.2, 0.25) is 0 Å². The molecule has 3 nitrogen and oxygen atoms in total. The van der Waals surface area contributed by atoms with Crippen molar-refractivity contribution in [3.05, 3.63) is 23.8 Å². The summed E-state index contributed by atoms with van der Waals surface area (Å²) in [5.41, 5.74) is 7.53. The second kappa shape index (κ2) is 4.91. The standard InChI is InChI=1S/C15H21NO2S/c1-10(16)15(6-7-15)12-4-3-5-13(17-2)14(12)18-11-8-19-9-11/h3-5,10-11H,6-9,16H2,1-2H3. The Morgan fingerprint density at radius 2 is 2.11 bits per heavy atom. The summed E-state index contributed by atoms with van der Waals surface area (Å²) in [6, 6.07) is 6.32. The third-order valence-electron chi connectivity index (χ3n) is 4.29. The molecule has 0 radical (unpaired) electrons. The molecule has 1 saturated heterocycles. The van der Waals surface area contributed by atoms with Gasteiger partial charge in [0, 0.05) is 28.5 Å². The molecule has 0 bridgehead atoms. The molecule has 104 valence electrons. The maximum atomic E-state index is 6.20. The molecule has 0 amide bonds. The molecule has 0 aromatic heterocycles. The van der Waals surface area contributed by atoms with Gasteiger partial charge in [0.15, 0.2) is 11.5 Å². The predicted molar refractivity (Wildman–Crippen MR) is 79.3 cm³/mol. The van der Waals surface area contributed by atoms with Gasteiger partial charge < -0.3 is 15.2 Å². The van der Waals surface area contributed by atoms with Gasteiger partial charge in [-0.3, -0.25) is 0 Å². The number of ether oxygens (including phenoxy) is 2. The number of nitrogens with two attached hydrogens (primary N) is 1. The van der Waals surface area contributed by atoms with Crippen LogP contribution in [0.4, 0.5) is 0 Å². The van der Waals surface area contributed by atoms with Crippen molar-refractivity contribution >= 4 is 11.8 Å². The molecule has 0 spiro atoms. The van der Waals surface area contributed by atoms with Crippen LogP contribution in [-0.4, -0.2) is 30.8 Å². The maximum Gasteiger partial charge on any atom is 0.165 e. The first-order valence-corrected chi connectivity index (χ1v) is 8.00. The molecule has 3 rings (SSSR count). The number of methoxy groups -OCH3 is 1. The van der Waals surface area contributed by atoms with Crippen molar-refractivity contribution in [1.29, 1.82) is 0 Å². The molecule has 1 saturated carbocycles. The molecule has 1 heterocycles. The molecular formula is C15H21NO2S. The van der Waals surface area contributed by atoms with Crippen LogP contribution < -0.4 is 15.2 Å². The van der Waals surface area contributed by atoms with Gasteiger partial charge in [0.1, 0.15) is 6.10 Å². The summed E-state index contributed by atoms with van der Waals surface area (Å²) >= 11 is 1.92. The Hall–Kier alpha value is -0.870. The molecule has 1 aliphatic carbocycles.